The fraction of sp³-hybridized carbons (Fsp3) is 0.0588. The van der Waals surface area contributed by atoms with Crippen molar-refractivity contribution in [2.45, 2.75) is 6.42 Å². The van der Waals surface area contributed by atoms with Gasteiger partial charge in [0, 0.05) is 20.3 Å². The van der Waals surface area contributed by atoms with Crippen molar-refractivity contribution in [1.29, 1.82) is 0 Å². The lowest BCUT2D eigenvalue weighted by Crippen LogP contribution is -1.80. The third-order valence-corrected chi connectivity index (χ3v) is 5.13. The molecular formula is C17H11ClS. The molecule has 0 radical (unpaired) electrons. The maximum absolute atomic E-state index is 6.36. The first kappa shape index (κ1) is 11.3. The summed E-state index contributed by atoms with van der Waals surface area (Å²) in [6.45, 7) is 0. The molecule has 0 amide bonds. The highest BCUT2D eigenvalue weighted by Crippen LogP contribution is 2.47. The third kappa shape index (κ3) is 1.73. The Kier molecular flexibility index (Phi) is 2.51. The lowest BCUT2D eigenvalue weighted by Gasteiger charge is -2.02. The highest BCUT2D eigenvalue weighted by atomic mass is 35.5. The minimum atomic E-state index is 0.873. The molecule has 0 nitrogen and oxygen atoms in total. The van der Waals surface area contributed by atoms with Gasteiger partial charge in [-0.25, -0.2) is 0 Å². The molecule has 1 aromatic heterocycles. The first-order valence-corrected chi connectivity index (χ1v) is 7.48. The van der Waals surface area contributed by atoms with Crippen molar-refractivity contribution in [2.24, 2.45) is 0 Å². The van der Waals surface area contributed by atoms with Gasteiger partial charge >= 0.3 is 0 Å². The second-order valence-electron chi connectivity index (χ2n) is 4.78. The molecule has 92 valence electrons. The van der Waals surface area contributed by atoms with Gasteiger partial charge in [0.2, 0.25) is 0 Å². The van der Waals surface area contributed by atoms with Crippen molar-refractivity contribution < 1.29 is 0 Å². The monoisotopic (exact) mass is 282 g/mol. The second-order valence-corrected chi connectivity index (χ2v) is 6.24. The maximum Gasteiger partial charge on any atom is 0.0495 e. The van der Waals surface area contributed by atoms with Crippen LogP contribution in [0.5, 0.6) is 0 Å². The van der Waals surface area contributed by atoms with E-state index in [1.807, 2.05) is 23.5 Å². The van der Waals surface area contributed by atoms with Crippen LogP contribution in [0.1, 0.15) is 11.1 Å². The predicted octanol–water partition coefficient (Wildman–Crippen LogP) is 5.64. The van der Waals surface area contributed by atoms with Crippen molar-refractivity contribution in [3.63, 3.8) is 0 Å². The zero-order valence-electron chi connectivity index (χ0n) is 10.2. The van der Waals surface area contributed by atoms with Crippen LogP contribution in [0.15, 0.2) is 54.6 Å². The van der Waals surface area contributed by atoms with Crippen LogP contribution in [0.3, 0.4) is 0 Å². The minimum Gasteiger partial charge on any atom is -0.135 e. The molecule has 0 unspecified atom stereocenters. The van der Waals surface area contributed by atoms with E-state index in [4.69, 9.17) is 11.6 Å². The molecular weight excluding hydrogens is 272 g/mol. The van der Waals surface area contributed by atoms with Crippen LogP contribution in [0.4, 0.5) is 0 Å². The Morgan fingerprint density at radius 1 is 0.895 bits per heavy atom. The van der Waals surface area contributed by atoms with Gasteiger partial charge in [0.15, 0.2) is 0 Å². The van der Waals surface area contributed by atoms with Crippen LogP contribution in [0.25, 0.3) is 20.9 Å². The van der Waals surface area contributed by atoms with Crippen LogP contribution >= 0.6 is 22.9 Å². The molecule has 4 rings (SSSR count). The zero-order chi connectivity index (χ0) is 12.8. The topological polar surface area (TPSA) is 0 Å². The predicted molar refractivity (Wildman–Crippen MR) is 83.0 cm³/mol. The van der Waals surface area contributed by atoms with Gasteiger partial charge in [-0.2, -0.15) is 0 Å². The number of hydrogen-bond acceptors (Lipinski definition) is 1. The molecule has 1 aliphatic carbocycles. The lowest BCUT2D eigenvalue weighted by molar-refractivity contribution is 1.27. The van der Waals surface area contributed by atoms with Crippen molar-refractivity contribution in [1.82, 2.24) is 0 Å². The minimum absolute atomic E-state index is 0.873. The van der Waals surface area contributed by atoms with Crippen LogP contribution in [-0.2, 0) is 6.42 Å². The fourth-order valence-electron chi connectivity index (χ4n) is 2.69. The Bertz CT molecular complexity index is 756. The molecule has 0 N–H and O–H groups in total. The van der Waals surface area contributed by atoms with Crippen molar-refractivity contribution in [3.8, 4) is 20.9 Å². The number of hydrogen-bond donors (Lipinski definition) is 0. The molecule has 0 saturated carbocycles. The standard InChI is InChI=1S/C17H11ClS/c18-14-8-4-7-12-9-13-10-15(19-17(13)16(12)14)11-5-2-1-3-6-11/h1-8,10H,9H2. The van der Waals surface area contributed by atoms with Gasteiger partial charge in [-0.15, -0.1) is 11.3 Å². The van der Waals surface area contributed by atoms with Gasteiger partial charge < -0.3 is 0 Å². The number of rotatable bonds is 1. The Morgan fingerprint density at radius 3 is 2.58 bits per heavy atom. The summed E-state index contributed by atoms with van der Waals surface area (Å²) in [4.78, 5) is 2.68. The summed E-state index contributed by atoms with van der Waals surface area (Å²) in [5.41, 5.74) is 5.29. The van der Waals surface area contributed by atoms with Gasteiger partial charge in [-0.3, -0.25) is 0 Å². The summed E-state index contributed by atoms with van der Waals surface area (Å²) in [6, 6.07) is 19.1. The smallest absolute Gasteiger partial charge is 0.0495 e. The molecule has 1 heterocycles. The molecule has 2 heteroatoms. The molecule has 0 bridgehead atoms. The molecule has 19 heavy (non-hydrogen) atoms. The maximum atomic E-state index is 6.36. The van der Waals surface area contributed by atoms with Crippen LogP contribution in [0, 0.1) is 0 Å². The average molecular weight is 283 g/mol. The summed E-state index contributed by atoms with van der Waals surface area (Å²) >= 11 is 8.21. The van der Waals surface area contributed by atoms with E-state index >= 15 is 0 Å². The molecule has 2 aromatic carbocycles. The van der Waals surface area contributed by atoms with Gasteiger partial charge in [-0.05, 0) is 35.2 Å². The first-order valence-electron chi connectivity index (χ1n) is 6.29. The van der Waals surface area contributed by atoms with Crippen molar-refractivity contribution in [3.05, 3.63) is 70.7 Å². The molecule has 0 saturated heterocycles. The van der Waals surface area contributed by atoms with E-state index in [1.165, 1.54) is 32.0 Å². The molecule has 3 aromatic rings. The highest BCUT2D eigenvalue weighted by molar-refractivity contribution is 7.19. The van der Waals surface area contributed by atoms with E-state index < -0.39 is 0 Å². The van der Waals surface area contributed by atoms with E-state index in [9.17, 15) is 0 Å². The van der Waals surface area contributed by atoms with Gasteiger partial charge in [0.1, 0.15) is 0 Å². The Morgan fingerprint density at radius 2 is 1.74 bits per heavy atom. The first-order chi connectivity index (χ1) is 9.33. The molecule has 0 fully saturated rings. The number of fused-ring (bicyclic) bond motifs is 3. The third-order valence-electron chi connectivity index (χ3n) is 3.58. The van der Waals surface area contributed by atoms with Crippen LogP contribution < -0.4 is 0 Å². The SMILES string of the molecule is Clc1cccc2c1-c1sc(-c3ccccc3)cc1C2. The average Bonchev–Trinajstić information content (AvgIpc) is 2.97. The number of thiophene rings is 1. The summed E-state index contributed by atoms with van der Waals surface area (Å²) in [6.07, 6.45) is 1.01. The molecule has 0 aliphatic heterocycles. The van der Waals surface area contributed by atoms with Gasteiger partial charge in [-0.1, -0.05) is 54.1 Å². The zero-order valence-corrected chi connectivity index (χ0v) is 11.8. The Labute approximate surface area is 121 Å². The molecule has 1 aliphatic rings. The largest absolute Gasteiger partial charge is 0.135 e. The lowest BCUT2D eigenvalue weighted by atomic mass is 10.1. The Hall–Kier alpha value is -1.57. The quantitative estimate of drug-likeness (QED) is 0.424. The van der Waals surface area contributed by atoms with Crippen LogP contribution in [-0.4, -0.2) is 0 Å². The van der Waals surface area contributed by atoms with Crippen molar-refractivity contribution in [2.75, 3.05) is 0 Å². The van der Waals surface area contributed by atoms with Crippen LogP contribution in [0.2, 0.25) is 5.02 Å². The second kappa shape index (κ2) is 4.22. The summed E-state index contributed by atoms with van der Waals surface area (Å²) in [5.74, 6) is 0. The summed E-state index contributed by atoms with van der Waals surface area (Å²) in [5, 5.41) is 0.873. The van der Waals surface area contributed by atoms with E-state index in [0.29, 0.717) is 0 Å². The van der Waals surface area contributed by atoms with Gasteiger partial charge in [0.25, 0.3) is 0 Å². The van der Waals surface area contributed by atoms with E-state index in [0.717, 1.165) is 11.4 Å². The van der Waals surface area contributed by atoms with Gasteiger partial charge in [0.05, 0.1) is 0 Å². The van der Waals surface area contributed by atoms with E-state index in [-0.39, 0.29) is 0 Å². The van der Waals surface area contributed by atoms with Crippen molar-refractivity contribution >= 4 is 22.9 Å². The summed E-state index contributed by atoms with van der Waals surface area (Å²) in [7, 11) is 0. The number of halogens is 1. The fourth-order valence-corrected chi connectivity index (χ4v) is 4.32. The Balaban J connectivity index is 1.89. The normalized spacial score (nSPS) is 12.3. The number of benzene rings is 2. The molecule has 0 spiro atoms. The molecule has 0 atom stereocenters. The highest BCUT2D eigenvalue weighted by Gasteiger charge is 2.23. The van der Waals surface area contributed by atoms with E-state index in [2.05, 4.69) is 42.5 Å². The van der Waals surface area contributed by atoms with E-state index in [1.54, 1.807) is 0 Å². The summed E-state index contributed by atoms with van der Waals surface area (Å²) < 4.78 is 0.